The summed E-state index contributed by atoms with van der Waals surface area (Å²) in [6.45, 7) is 1.95. The number of rotatable bonds is 2. The summed E-state index contributed by atoms with van der Waals surface area (Å²) in [6, 6.07) is 11.7. The van der Waals surface area contributed by atoms with Crippen LogP contribution in [-0.2, 0) is 11.3 Å². The van der Waals surface area contributed by atoms with Crippen LogP contribution in [-0.4, -0.2) is 28.3 Å². The molecule has 0 spiro atoms. The molecule has 0 N–H and O–H groups in total. The lowest BCUT2D eigenvalue weighted by Crippen LogP contribution is -2.10. The predicted molar refractivity (Wildman–Crippen MR) is 100 cm³/mol. The highest BCUT2D eigenvalue weighted by molar-refractivity contribution is 6.31. The van der Waals surface area contributed by atoms with E-state index < -0.39 is 5.97 Å². The van der Waals surface area contributed by atoms with Crippen molar-refractivity contribution in [1.29, 1.82) is 0 Å². The second-order valence-electron chi connectivity index (χ2n) is 6.09. The zero-order chi connectivity index (χ0) is 19.1. The van der Waals surface area contributed by atoms with Crippen LogP contribution in [0.4, 0.5) is 4.39 Å². The molecule has 0 saturated carbocycles. The standard InChI is InChI=1S/C20H15ClFN3O2/c1-11-24-19(20(26)27-2)17-10-23-18(13-5-3-4-6-15(13)22)14-9-12(21)7-8-16(14)25(11)17/h3-9H,10H2,1-2H3. The molecule has 4 rings (SSSR count). The van der Waals surface area contributed by atoms with Gasteiger partial charge >= 0.3 is 5.97 Å². The molecule has 2 aromatic carbocycles. The van der Waals surface area contributed by atoms with Gasteiger partial charge in [0.15, 0.2) is 5.69 Å². The van der Waals surface area contributed by atoms with Crippen LogP contribution in [0.5, 0.6) is 0 Å². The molecule has 3 aromatic rings. The largest absolute Gasteiger partial charge is 0.464 e. The fourth-order valence-electron chi connectivity index (χ4n) is 3.32. The summed E-state index contributed by atoms with van der Waals surface area (Å²) in [7, 11) is 1.31. The van der Waals surface area contributed by atoms with E-state index in [2.05, 4.69) is 9.98 Å². The summed E-state index contributed by atoms with van der Waals surface area (Å²) in [5.74, 6) is -0.303. The van der Waals surface area contributed by atoms with Gasteiger partial charge in [-0.25, -0.2) is 14.2 Å². The number of nitrogens with zero attached hydrogens (tertiary/aromatic N) is 3. The van der Waals surface area contributed by atoms with Gasteiger partial charge in [-0.1, -0.05) is 23.7 Å². The van der Waals surface area contributed by atoms with Crippen molar-refractivity contribution in [3.8, 4) is 5.69 Å². The Morgan fingerprint density at radius 2 is 2.00 bits per heavy atom. The van der Waals surface area contributed by atoms with E-state index in [0.29, 0.717) is 33.4 Å². The van der Waals surface area contributed by atoms with Crippen LogP contribution in [0.15, 0.2) is 47.5 Å². The molecule has 0 amide bonds. The lowest BCUT2D eigenvalue weighted by molar-refractivity contribution is 0.0593. The van der Waals surface area contributed by atoms with Gasteiger partial charge in [-0.3, -0.25) is 9.56 Å². The lowest BCUT2D eigenvalue weighted by atomic mass is 10.00. The normalized spacial score (nSPS) is 12.7. The monoisotopic (exact) mass is 383 g/mol. The van der Waals surface area contributed by atoms with Crippen LogP contribution in [0.3, 0.4) is 0 Å². The van der Waals surface area contributed by atoms with E-state index in [-0.39, 0.29) is 18.1 Å². The van der Waals surface area contributed by atoms with Gasteiger partial charge in [0.25, 0.3) is 0 Å². The summed E-state index contributed by atoms with van der Waals surface area (Å²) in [5.41, 5.74) is 3.04. The number of halogens is 2. The molecule has 27 heavy (non-hydrogen) atoms. The zero-order valence-corrected chi connectivity index (χ0v) is 15.4. The summed E-state index contributed by atoms with van der Waals surface area (Å²) in [4.78, 5) is 21.1. The van der Waals surface area contributed by atoms with Crippen LogP contribution < -0.4 is 0 Å². The Hall–Kier alpha value is -2.99. The van der Waals surface area contributed by atoms with Crippen molar-refractivity contribution in [2.75, 3.05) is 7.11 Å². The number of aromatic nitrogens is 2. The Kier molecular flexibility index (Phi) is 4.28. The topological polar surface area (TPSA) is 56.5 Å². The fourth-order valence-corrected chi connectivity index (χ4v) is 3.49. The van der Waals surface area contributed by atoms with Gasteiger partial charge in [0.2, 0.25) is 0 Å². The number of aliphatic imine (C=N–C) groups is 1. The predicted octanol–water partition coefficient (Wildman–Crippen LogP) is 4.11. The van der Waals surface area contributed by atoms with Gasteiger partial charge in [-0.2, -0.15) is 0 Å². The first-order chi connectivity index (χ1) is 13.0. The van der Waals surface area contributed by atoms with Gasteiger partial charge in [-0.15, -0.1) is 0 Å². The Morgan fingerprint density at radius 1 is 1.22 bits per heavy atom. The first-order valence-electron chi connectivity index (χ1n) is 8.27. The third kappa shape index (κ3) is 2.82. The van der Waals surface area contributed by atoms with Crippen LogP contribution in [0.25, 0.3) is 5.69 Å². The second kappa shape index (κ2) is 6.63. The molecule has 1 aliphatic heterocycles. The average Bonchev–Trinajstić information content (AvgIpc) is 2.89. The highest BCUT2D eigenvalue weighted by Crippen LogP contribution is 2.31. The number of esters is 1. The Balaban J connectivity index is 2.02. The van der Waals surface area contributed by atoms with E-state index in [1.54, 1.807) is 37.3 Å². The smallest absolute Gasteiger partial charge is 0.358 e. The maximum absolute atomic E-state index is 14.5. The molecule has 2 heterocycles. The number of aryl methyl sites for hydroxylation is 1. The van der Waals surface area contributed by atoms with E-state index in [1.807, 2.05) is 10.6 Å². The number of fused-ring (bicyclic) bond motifs is 3. The quantitative estimate of drug-likeness (QED) is 0.626. The van der Waals surface area contributed by atoms with Crippen molar-refractivity contribution in [2.24, 2.45) is 4.99 Å². The van der Waals surface area contributed by atoms with Gasteiger partial charge in [0.05, 0.1) is 30.7 Å². The number of benzene rings is 2. The highest BCUT2D eigenvalue weighted by atomic mass is 35.5. The summed E-state index contributed by atoms with van der Waals surface area (Å²) in [5, 5.41) is 0.507. The average molecular weight is 384 g/mol. The molecule has 0 radical (unpaired) electrons. The summed E-state index contributed by atoms with van der Waals surface area (Å²) < 4.78 is 21.2. The van der Waals surface area contributed by atoms with Gasteiger partial charge in [0.1, 0.15) is 11.6 Å². The molecule has 5 nitrogen and oxygen atoms in total. The van der Waals surface area contributed by atoms with Crippen LogP contribution in [0.2, 0.25) is 5.02 Å². The number of ether oxygens (including phenoxy) is 1. The maximum Gasteiger partial charge on any atom is 0.358 e. The lowest BCUT2D eigenvalue weighted by Gasteiger charge is -2.14. The van der Waals surface area contributed by atoms with Crippen LogP contribution >= 0.6 is 11.6 Å². The minimum absolute atomic E-state index is 0.154. The van der Waals surface area contributed by atoms with Crippen molar-refractivity contribution in [1.82, 2.24) is 9.55 Å². The maximum atomic E-state index is 14.5. The molecule has 7 heteroatoms. The number of carbonyl (C=O) groups excluding carboxylic acids is 1. The number of hydrogen-bond donors (Lipinski definition) is 0. The molecule has 0 bridgehead atoms. The van der Waals surface area contributed by atoms with Crippen molar-refractivity contribution < 1.29 is 13.9 Å². The van der Waals surface area contributed by atoms with E-state index >= 15 is 0 Å². The number of methoxy groups -OCH3 is 1. The molecular formula is C20H15ClFN3O2. The number of carbonyl (C=O) groups is 1. The third-order valence-electron chi connectivity index (χ3n) is 4.49. The van der Waals surface area contributed by atoms with E-state index in [1.165, 1.54) is 13.2 Å². The minimum Gasteiger partial charge on any atom is -0.464 e. The summed E-state index contributed by atoms with van der Waals surface area (Å²) in [6.07, 6.45) is 0. The fraction of sp³-hybridized carbons (Fsp3) is 0.150. The molecule has 1 aliphatic rings. The molecule has 0 fully saturated rings. The molecule has 0 saturated heterocycles. The Morgan fingerprint density at radius 3 is 2.74 bits per heavy atom. The molecule has 0 atom stereocenters. The third-order valence-corrected chi connectivity index (χ3v) is 4.72. The van der Waals surface area contributed by atoms with Crippen molar-refractivity contribution >= 4 is 23.3 Å². The Labute approximate surface area is 160 Å². The molecule has 0 aliphatic carbocycles. The van der Waals surface area contributed by atoms with Crippen molar-refractivity contribution in [3.63, 3.8) is 0 Å². The van der Waals surface area contributed by atoms with Crippen LogP contribution in [0, 0.1) is 12.7 Å². The second-order valence-corrected chi connectivity index (χ2v) is 6.52. The first-order valence-corrected chi connectivity index (χ1v) is 8.65. The van der Waals surface area contributed by atoms with E-state index in [0.717, 1.165) is 5.69 Å². The first kappa shape index (κ1) is 17.4. The van der Waals surface area contributed by atoms with Crippen LogP contribution in [0.1, 0.15) is 33.1 Å². The van der Waals surface area contributed by atoms with E-state index in [9.17, 15) is 9.18 Å². The molecular weight excluding hydrogens is 369 g/mol. The molecule has 136 valence electrons. The molecule has 1 aromatic heterocycles. The van der Waals surface area contributed by atoms with Gasteiger partial charge < -0.3 is 4.74 Å². The van der Waals surface area contributed by atoms with Crippen molar-refractivity contribution in [3.05, 3.63) is 81.6 Å². The number of imidazole rings is 1. The molecule has 0 unspecified atom stereocenters. The van der Waals surface area contributed by atoms with Crippen molar-refractivity contribution in [2.45, 2.75) is 13.5 Å². The zero-order valence-electron chi connectivity index (χ0n) is 14.7. The van der Waals surface area contributed by atoms with Gasteiger partial charge in [0, 0.05) is 16.1 Å². The van der Waals surface area contributed by atoms with E-state index in [4.69, 9.17) is 16.3 Å². The minimum atomic E-state index is -0.535. The highest BCUT2D eigenvalue weighted by Gasteiger charge is 2.27. The SMILES string of the molecule is COC(=O)c1nc(C)n2c1CN=C(c1ccccc1F)c1cc(Cl)ccc1-2. The summed E-state index contributed by atoms with van der Waals surface area (Å²) >= 11 is 6.22. The Bertz CT molecular complexity index is 1100. The number of hydrogen-bond acceptors (Lipinski definition) is 4. The van der Waals surface area contributed by atoms with Gasteiger partial charge in [-0.05, 0) is 37.3 Å².